The maximum Gasteiger partial charge on any atom is 0.269 e. The lowest BCUT2D eigenvalue weighted by Gasteiger charge is -2.35. The van der Waals surface area contributed by atoms with Crippen LogP contribution in [0.2, 0.25) is 5.02 Å². The molecule has 2 aliphatic rings. The predicted octanol–water partition coefficient (Wildman–Crippen LogP) is 2.12. The third-order valence-corrected chi connectivity index (χ3v) is 7.52. The fraction of sp³-hybridized carbons (Fsp3) is 0.360. The molecule has 3 aromatic rings. The van der Waals surface area contributed by atoms with Gasteiger partial charge in [0.25, 0.3) is 5.91 Å². The number of amides is 3. The summed E-state index contributed by atoms with van der Waals surface area (Å²) in [6, 6.07) is 10.0. The number of halogens is 2. The number of likely N-dealkylation sites (tertiary alicyclic amines) is 1. The molecule has 2 fully saturated rings. The van der Waals surface area contributed by atoms with E-state index in [0.29, 0.717) is 10.9 Å². The molecule has 2 heterocycles. The number of carbonyl (C=O) groups is 3. The van der Waals surface area contributed by atoms with E-state index in [0.717, 1.165) is 19.3 Å². The van der Waals surface area contributed by atoms with E-state index in [9.17, 15) is 18.8 Å². The van der Waals surface area contributed by atoms with Gasteiger partial charge in [-0.3, -0.25) is 19.1 Å². The van der Waals surface area contributed by atoms with Gasteiger partial charge in [0.15, 0.2) is 5.69 Å². The molecule has 5 N–H and O–H groups in total. The molecule has 5 rings (SSSR count). The number of nitrogens with one attached hydrogen (secondary N) is 1. The van der Waals surface area contributed by atoms with Crippen LogP contribution in [-0.4, -0.2) is 51.0 Å². The Morgan fingerprint density at radius 1 is 1.17 bits per heavy atom. The maximum atomic E-state index is 14.6. The summed E-state index contributed by atoms with van der Waals surface area (Å²) in [4.78, 5) is 40.5. The first-order valence-electron chi connectivity index (χ1n) is 11.8. The Kier molecular flexibility index (Phi) is 6.40. The van der Waals surface area contributed by atoms with E-state index in [1.807, 2.05) is 0 Å². The third-order valence-electron chi connectivity index (χ3n) is 7.23. The van der Waals surface area contributed by atoms with Crippen LogP contribution in [0.5, 0.6) is 0 Å². The van der Waals surface area contributed by atoms with Crippen molar-refractivity contribution < 1.29 is 18.8 Å². The van der Waals surface area contributed by atoms with E-state index in [-0.39, 0.29) is 53.1 Å². The van der Waals surface area contributed by atoms with Gasteiger partial charge < -0.3 is 21.7 Å². The van der Waals surface area contributed by atoms with Crippen molar-refractivity contribution in [1.82, 2.24) is 20.0 Å². The topological polar surface area (TPSA) is 136 Å². The van der Waals surface area contributed by atoms with Crippen molar-refractivity contribution in [3.8, 4) is 0 Å². The number of hydrogen-bond acceptors (Lipinski definition) is 5. The summed E-state index contributed by atoms with van der Waals surface area (Å²) in [5, 5.41) is 7.61. The Labute approximate surface area is 211 Å². The lowest BCUT2D eigenvalue weighted by atomic mass is 9.96. The highest BCUT2D eigenvalue weighted by Gasteiger charge is 2.51. The number of nitrogens with two attached hydrogens (primary N) is 2. The number of para-hydroxylation sites is 1. The highest BCUT2D eigenvalue weighted by Crippen LogP contribution is 2.43. The quantitative estimate of drug-likeness (QED) is 0.445. The number of carbonyl (C=O) groups excluding carboxylic acids is 3. The molecule has 188 valence electrons. The maximum absolute atomic E-state index is 14.6. The number of aromatic nitrogens is 2. The summed E-state index contributed by atoms with van der Waals surface area (Å²) in [5.74, 6) is -1.99. The van der Waals surface area contributed by atoms with E-state index >= 15 is 0 Å². The highest BCUT2D eigenvalue weighted by atomic mass is 35.5. The third kappa shape index (κ3) is 4.10. The molecule has 1 aliphatic carbocycles. The number of piperidine rings is 1. The monoisotopic (exact) mass is 512 g/mol. The Bertz CT molecular complexity index is 1360. The lowest BCUT2D eigenvalue weighted by Crippen LogP contribution is -2.54. The van der Waals surface area contributed by atoms with E-state index < -0.39 is 23.8 Å². The van der Waals surface area contributed by atoms with Crippen LogP contribution in [0.4, 0.5) is 4.39 Å². The van der Waals surface area contributed by atoms with Crippen molar-refractivity contribution in [3.05, 3.63) is 64.6 Å². The van der Waals surface area contributed by atoms with Crippen molar-refractivity contribution in [1.29, 1.82) is 0 Å². The minimum Gasteiger partial charge on any atom is -0.364 e. The number of nitrogens with zero attached hydrogens (tertiary/aromatic N) is 3. The molecule has 1 aromatic heterocycles. The molecule has 1 aliphatic heterocycles. The molecule has 1 saturated heterocycles. The van der Waals surface area contributed by atoms with Crippen LogP contribution in [0.1, 0.15) is 41.4 Å². The zero-order valence-corrected chi connectivity index (χ0v) is 20.1. The SMILES string of the molecule is NCC(NC(=O)[C@@H]1[C@H]2CC[C@H](C2)N1C(=O)Cn1nc(C(N)=O)c2ccccc21)c1cccc(Cl)c1F. The van der Waals surface area contributed by atoms with Gasteiger partial charge in [-0.15, -0.1) is 0 Å². The summed E-state index contributed by atoms with van der Waals surface area (Å²) in [6.45, 7) is -0.184. The largest absolute Gasteiger partial charge is 0.364 e. The molecule has 4 atom stereocenters. The Morgan fingerprint density at radius 3 is 2.69 bits per heavy atom. The molecule has 0 spiro atoms. The van der Waals surface area contributed by atoms with Gasteiger partial charge in [0.05, 0.1) is 16.6 Å². The van der Waals surface area contributed by atoms with Gasteiger partial charge in [-0.2, -0.15) is 5.10 Å². The zero-order chi connectivity index (χ0) is 25.6. The second kappa shape index (κ2) is 9.51. The summed E-state index contributed by atoms with van der Waals surface area (Å²) >= 11 is 5.92. The molecular formula is C25H26ClFN6O3. The number of fused-ring (bicyclic) bond motifs is 3. The van der Waals surface area contributed by atoms with Crippen molar-refractivity contribution in [2.24, 2.45) is 17.4 Å². The van der Waals surface area contributed by atoms with E-state index in [1.165, 1.54) is 16.8 Å². The minimum atomic E-state index is -0.791. The second-order valence-electron chi connectivity index (χ2n) is 9.30. The normalized spacial score (nSPS) is 21.6. The van der Waals surface area contributed by atoms with Gasteiger partial charge in [-0.05, 0) is 37.3 Å². The van der Waals surface area contributed by atoms with Crippen LogP contribution < -0.4 is 16.8 Å². The summed E-state index contributed by atoms with van der Waals surface area (Å²) < 4.78 is 16.1. The average molecular weight is 513 g/mol. The molecule has 1 saturated carbocycles. The van der Waals surface area contributed by atoms with Crippen LogP contribution in [0, 0.1) is 11.7 Å². The van der Waals surface area contributed by atoms with Crippen molar-refractivity contribution >= 4 is 40.2 Å². The number of benzene rings is 2. The van der Waals surface area contributed by atoms with Crippen molar-refractivity contribution in [2.45, 2.75) is 43.9 Å². The van der Waals surface area contributed by atoms with Crippen LogP contribution >= 0.6 is 11.6 Å². The lowest BCUT2D eigenvalue weighted by molar-refractivity contribution is -0.143. The second-order valence-corrected chi connectivity index (χ2v) is 9.71. The van der Waals surface area contributed by atoms with E-state index in [2.05, 4.69) is 10.4 Å². The first-order valence-corrected chi connectivity index (χ1v) is 12.2. The van der Waals surface area contributed by atoms with Gasteiger partial charge in [0.1, 0.15) is 18.4 Å². The van der Waals surface area contributed by atoms with Crippen LogP contribution in [0.15, 0.2) is 42.5 Å². The summed E-state index contributed by atoms with van der Waals surface area (Å²) in [5.41, 5.74) is 12.2. The van der Waals surface area contributed by atoms with Gasteiger partial charge in [-0.25, -0.2) is 4.39 Å². The Morgan fingerprint density at radius 2 is 1.94 bits per heavy atom. The minimum absolute atomic E-state index is 0.00266. The average Bonchev–Trinajstić information content (AvgIpc) is 3.58. The molecule has 0 radical (unpaired) electrons. The fourth-order valence-electron chi connectivity index (χ4n) is 5.63. The Balaban J connectivity index is 1.39. The fourth-order valence-corrected chi connectivity index (χ4v) is 5.82. The molecule has 36 heavy (non-hydrogen) atoms. The molecule has 2 aromatic carbocycles. The molecular weight excluding hydrogens is 487 g/mol. The van der Waals surface area contributed by atoms with Gasteiger partial charge >= 0.3 is 0 Å². The smallest absolute Gasteiger partial charge is 0.269 e. The van der Waals surface area contributed by atoms with Crippen LogP contribution in [0.25, 0.3) is 10.9 Å². The van der Waals surface area contributed by atoms with Gasteiger partial charge in [0, 0.05) is 23.5 Å². The van der Waals surface area contributed by atoms with Gasteiger partial charge in [-0.1, -0.05) is 41.9 Å². The number of hydrogen-bond donors (Lipinski definition) is 3. The highest BCUT2D eigenvalue weighted by molar-refractivity contribution is 6.30. The van der Waals surface area contributed by atoms with Crippen LogP contribution in [-0.2, 0) is 16.1 Å². The predicted molar refractivity (Wildman–Crippen MR) is 131 cm³/mol. The zero-order valence-electron chi connectivity index (χ0n) is 19.4. The summed E-state index contributed by atoms with van der Waals surface area (Å²) in [6.07, 6.45) is 2.34. The standard InChI is InChI=1S/C25H26ClFN6O3/c26-17-6-3-5-15(21(17)27)18(11-28)30-25(36)23-13-8-9-14(10-13)33(23)20(34)12-32-19-7-2-1-4-16(19)22(31-32)24(29)35/h1-7,13-14,18,23H,8-12,28H2,(H2,29,35)(H,30,36)/t13-,14+,18?,23-/m0/s1. The molecule has 1 unspecified atom stereocenters. The first kappa shape index (κ1) is 24.2. The van der Waals surface area contributed by atoms with E-state index in [1.54, 1.807) is 35.2 Å². The molecule has 2 bridgehead atoms. The first-order chi connectivity index (χ1) is 17.3. The van der Waals surface area contributed by atoms with Gasteiger partial charge in [0.2, 0.25) is 11.8 Å². The number of rotatable bonds is 7. The number of primary amides is 1. The molecule has 9 nitrogen and oxygen atoms in total. The molecule has 11 heteroatoms. The van der Waals surface area contributed by atoms with Crippen molar-refractivity contribution in [3.63, 3.8) is 0 Å². The van der Waals surface area contributed by atoms with E-state index in [4.69, 9.17) is 23.1 Å². The molecule has 3 amide bonds. The summed E-state index contributed by atoms with van der Waals surface area (Å²) in [7, 11) is 0. The Hall–Kier alpha value is -3.50. The van der Waals surface area contributed by atoms with Crippen molar-refractivity contribution in [2.75, 3.05) is 6.54 Å². The van der Waals surface area contributed by atoms with Crippen LogP contribution in [0.3, 0.4) is 0 Å².